The van der Waals surface area contributed by atoms with Gasteiger partial charge in [0.1, 0.15) is 12.4 Å². The fourth-order valence-corrected chi connectivity index (χ4v) is 2.55. The van der Waals surface area contributed by atoms with E-state index >= 15 is 0 Å². The quantitative estimate of drug-likeness (QED) is 0.744. The summed E-state index contributed by atoms with van der Waals surface area (Å²) < 4.78 is 5.96. The van der Waals surface area contributed by atoms with E-state index in [0.717, 1.165) is 28.1 Å². The Hall–Kier alpha value is -1.38. The zero-order chi connectivity index (χ0) is 15.6. The molecule has 0 spiro atoms. The molecular formula is C17H19Cl2NO. The van der Waals surface area contributed by atoms with E-state index in [4.69, 9.17) is 33.7 Å². The van der Waals surface area contributed by atoms with E-state index in [9.17, 15) is 0 Å². The van der Waals surface area contributed by atoms with Crippen LogP contribution < -0.4 is 10.5 Å². The first-order valence-electron chi connectivity index (χ1n) is 6.85. The van der Waals surface area contributed by atoms with E-state index in [2.05, 4.69) is 13.8 Å². The van der Waals surface area contributed by atoms with Crippen LogP contribution in [0.15, 0.2) is 30.3 Å². The predicted octanol–water partition coefficient (Wildman–Crippen LogP) is 5.59. The number of rotatable bonds is 4. The van der Waals surface area contributed by atoms with Crippen LogP contribution in [0.4, 0.5) is 5.69 Å². The largest absolute Gasteiger partial charge is 0.489 e. The summed E-state index contributed by atoms with van der Waals surface area (Å²) in [5.74, 6) is 1.19. The van der Waals surface area contributed by atoms with Crippen LogP contribution in [0.5, 0.6) is 5.75 Å². The normalized spacial score (nSPS) is 11.0. The van der Waals surface area contributed by atoms with Gasteiger partial charge in [0.2, 0.25) is 0 Å². The van der Waals surface area contributed by atoms with Gasteiger partial charge >= 0.3 is 0 Å². The van der Waals surface area contributed by atoms with Gasteiger partial charge in [0, 0.05) is 21.3 Å². The lowest BCUT2D eigenvalue weighted by molar-refractivity contribution is 0.302. The lowest BCUT2D eigenvalue weighted by Gasteiger charge is -2.17. The third kappa shape index (κ3) is 3.84. The molecule has 0 unspecified atom stereocenters. The number of nitrogen functional groups attached to an aromatic ring is 1. The first-order valence-corrected chi connectivity index (χ1v) is 7.61. The zero-order valence-electron chi connectivity index (χ0n) is 12.4. The molecule has 0 aliphatic rings. The van der Waals surface area contributed by atoms with Crippen molar-refractivity contribution in [1.29, 1.82) is 0 Å². The molecular weight excluding hydrogens is 305 g/mol. The summed E-state index contributed by atoms with van der Waals surface area (Å²) in [5.41, 5.74) is 9.79. The summed E-state index contributed by atoms with van der Waals surface area (Å²) in [7, 11) is 0. The Bertz CT molecular complexity index is 653. The summed E-state index contributed by atoms with van der Waals surface area (Å²) >= 11 is 12.1. The molecule has 0 fully saturated rings. The number of ether oxygens (including phenoxy) is 1. The number of hydrogen-bond acceptors (Lipinski definition) is 2. The van der Waals surface area contributed by atoms with Gasteiger partial charge in [-0.15, -0.1) is 0 Å². The second-order valence-corrected chi connectivity index (χ2v) is 6.27. The molecule has 2 nitrogen and oxygen atoms in total. The molecule has 21 heavy (non-hydrogen) atoms. The van der Waals surface area contributed by atoms with Crippen molar-refractivity contribution in [2.45, 2.75) is 33.3 Å². The van der Waals surface area contributed by atoms with E-state index in [1.165, 1.54) is 0 Å². The van der Waals surface area contributed by atoms with E-state index in [0.29, 0.717) is 22.6 Å². The van der Waals surface area contributed by atoms with Gasteiger partial charge in [0.25, 0.3) is 0 Å². The highest BCUT2D eigenvalue weighted by atomic mass is 35.5. The van der Waals surface area contributed by atoms with Gasteiger partial charge in [-0.25, -0.2) is 0 Å². The number of aryl methyl sites for hydroxylation is 1. The van der Waals surface area contributed by atoms with E-state index < -0.39 is 0 Å². The van der Waals surface area contributed by atoms with Crippen molar-refractivity contribution in [3.63, 3.8) is 0 Å². The van der Waals surface area contributed by atoms with Gasteiger partial charge < -0.3 is 10.5 Å². The second-order valence-electron chi connectivity index (χ2n) is 5.43. The minimum absolute atomic E-state index is 0.337. The van der Waals surface area contributed by atoms with E-state index in [1.807, 2.05) is 31.2 Å². The standard InChI is InChI=1S/C17H19Cl2NO/c1-10(2)14-8-16(20)11(3)6-17(14)21-9-12-4-5-13(18)7-15(12)19/h4-8,10H,9,20H2,1-3H3. The Morgan fingerprint density at radius 1 is 1.14 bits per heavy atom. The van der Waals surface area contributed by atoms with E-state index in [-0.39, 0.29) is 0 Å². The average Bonchev–Trinajstić information content (AvgIpc) is 2.41. The van der Waals surface area contributed by atoms with Crippen molar-refractivity contribution in [3.05, 3.63) is 57.1 Å². The fraction of sp³-hybridized carbons (Fsp3) is 0.294. The molecule has 2 rings (SSSR count). The Labute approximate surface area is 135 Å². The maximum Gasteiger partial charge on any atom is 0.123 e. The van der Waals surface area contributed by atoms with Crippen LogP contribution in [0.25, 0.3) is 0 Å². The van der Waals surface area contributed by atoms with Crippen LogP contribution in [0.2, 0.25) is 10.0 Å². The fourth-order valence-electron chi connectivity index (χ4n) is 2.09. The molecule has 0 saturated carbocycles. The zero-order valence-corrected chi connectivity index (χ0v) is 13.9. The summed E-state index contributed by atoms with van der Waals surface area (Å²) in [6, 6.07) is 9.38. The molecule has 2 aromatic carbocycles. The molecule has 0 aromatic heterocycles. The van der Waals surface area contributed by atoms with Crippen LogP contribution in [-0.2, 0) is 6.61 Å². The molecule has 112 valence electrons. The van der Waals surface area contributed by atoms with Crippen molar-refractivity contribution in [2.24, 2.45) is 0 Å². The van der Waals surface area contributed by atoms with Gasteiger partial charge in [-0.2, -0.15) is 0 Å². The maximum atomic E-state index is 6.17. The van der Waals surface area contributed by atoms with E-state index in [1.54, 1.807) is 6.07 Å². The molecule has 0 radical (unpaired) electrons. The van der Waals surface area contributed by atoms with Crippen LogP contribution in [0.1, 0.15) is 36.5 Å². The lowest BCUT2D eigenvalue weighted by atomic mass is 9.99. The number of hydrogen-bond donors (Lipinski definition) is 1. The average molecular weight is 324 g/mol. The Kier molecular flexibility index (Phi) is 5.02. The predicted molar refractivity (Wildman–Crippen MR) is 90.5 cm³/mol. The molecule has 0 amide bonds. The van der Waals surface area contributed by atoms with Gasteiger partial charge in [-0.05, 0) is 48.2 Å². The molecule has 0 aliphatic heterocycles. The van der Waals surface area contributed by atoms with Gasteiger partial charge in [0.05, 0.1) is 0 Å². The number of benzene rings is 2. The van der Waals surface area contributed by atoms with Crippen molar-refractivity contribution < 1.29 is 4.74 Å². The second kappa shape index (κ2) is 6.59. The van der Waals surface area contributed by atoms with Crippen LogP contribution in [0.3, 0.4) is 0 Å². The van der Waals surface area contributed by atoms with Crippen LogP contribution in [0, 0.1) is 6.92 Å². The Morgan fingerprint density at radius 2 is 1.86 bits per heavy atom. The Balaban J connectivity index is 2.25. The van der Waals surface area contributed by atoms with Crippen molar-refractivity contribution in [2.75, 3.05) is 5.73 Å². The summed E-state index contributed by atoms with van der Waals surface area (Å²) in [5, 5.41) is 1.23. The monoisotopic (exact) mass is 323 g/mol. The third-order valence-electron chi connectivity index (χ3n) is 3.42. The highest BCUT2D eigenvalue weighted by molar-refractivity contribution is 6.35. The summed E-state index contributed by atoms with van der Waals surface area (Å²) in [4.78, 5) is 0. The smallest absolute Gasteiger partial charge is 0.123 e. The van der Waals surface area contributed by atoms with Gasteiger partial charge in [-0.3, -0.25) is 0 Å². The Morgan fingerprint density at radius 3 is 2.48 bits per heavy atom. The van der Waals surface area contributed by atoms with Crippen molar-refractivity contribution in [1.82, 2.24) is 0 Å². The highest BCUT2D eigenvalue weighted by Gasteiger charge is 2.11. The molecule has 0 saturated heterocycles. The topological polar surface area (TPSA) is 35.2 Å². The lowest BCUT2D eigenvalue weighted by Crippen LogP contribution is -2.03. The molecule has 2 aromatic rings. The minimum atomic E-state index is 0.337. The first kappa shape index (κ1) is 16.0. The summed E-state index contributed by atoms with van der Waals surface area (Å²) in [6.45, 7) is 6.61. The summed E-state index contributed by atoms with van der Waals surface area (Å²) in [6.07, 6.45) is 0. The van der Waals surface area contributed by atoms with Gasteiger partial charge in [-0.1, -0.05) is 43.1 Å². The molecule has 0 heterocycles. The number of nitrogens with two attached hydrogens (primary N) is 1. The van der Waals surface area contributed by atoms with Crippen LogP contribution >= 0.6 is 23.2 Å². The molecule has 0 bridgehead atoms. The third-order valence-corrected chi connectivity index (χ3v) is 4.01. The van der Waals surface area contributed by atoms with Crippen LogP contribution in [-0.4, -0.2) is 0 Å². The number of anilines is 1. The van der Waals surface area contributed by atoms with Crippen molar-refractivity contribution in [3.8, 4) is 5.75 Å². The number of halogens is 2. The minimum Gasteiger partial charge on any atom is -0.489 e. The molecule has 2 N–H and O–H groups in total. The SMILES string of the molecule is Cc1cc(OCc2ccc(Cl)cc2Cl)c(C(C)C)cc1N. The molecule has 4 heteroatoms. The maximum absolute atomic E-state index is 6.17. The molecule has 0 aliphatic carbocycles. The first-order chi connectivity index (χ1) is 9.88. The molecule has 0 atom stereocenters. The van der Waals surface area contributed by atoms with Gasteiger partial charge in [0.15, 0.2) is 0 Å². The highest BCUT2D eigenvalue weighted by Crippen LogP contribution is 2.32. The van der Waals surface area contributed by atoms with Crippen molar-refractivity contribution >= 4 is 28.9 Å².